The number of oxazole rings is 1. The lowest BCUT2D eigenvalue weighted by Crippen LogP contribution is -1.93. The van der Waals surface area contributed by atoms with Crippen molar-refractivity contribution in [2.24, 2.45) is 0 Å². The van der Waals surface area contributed by atoms with E-state index >= 15 is 0 Å². The molecule has 4 rings (SSSR count). The summed E-state index contributed by atoms with van der Waals surface area (Å²) >= 11 is -1.88. The van der Waals surface area contributed by atoms with Gasteiger partial charge in [-0.05, 0) is 52.1 Å². The Morgan fingerprint density at radius 2 is 1.54 bits per heavy atom. The first-order chi connectivity index (χ1) is 13.6. The summed E-state index contributed by atoms with van der Waals surface area (Å²) in [5, 5.41) is 0. The molecule has 0 spiro atoms. The fourth-order valence-corrected chi connectivity index (χ4v) is 3.56. The average Bonchev–Trinajstić information content (AvgIpc) is 3.23. The van der Waals surface area contributed by atoms with Crippen LogP contribution < -0.4 is 0 Å². The van der Waals surface area contributed by atoms with E-state index in [9.17, 15) is 8.60 Å². The van der Waals surface area contributed by atoms with Gasteiger partial charge in [0.05, 0.1) is 11.9 Å². The van der Waals surface area contributed by atoms with Gasteiger partial charge in [-0.15, -0.1) is 0 Å². The minimum Gasteiger partial charge on any atom is -0.445 e. The van der Waals surface area contributed by atoms with Crippen LogP contribution in [0, 0.1) is 5.82 Å². The van der Waals surface area contributed by atoms with Gasteiger partial charge < -0.3 is 8.97 Å². The first-order valence-electron chi connectivity index (χ1n) is 8.57. The Kier molecular flexibility index (Phi) is 5.14. The van der Waals surface area contributed by atoms with Gasteiger partial charge in [-0.25, -0.2) is 13.6 Å². The number of nitrogens with zero attached hydrogens (tertiary/aromatic N) is 1. The average molecular weight is 393 g/mol. The number of hydrogen-bond acceptors (Lipinski definition) is 3. The van der Waals surface area contributed by atoms with E-state index in [4.69, 9.17) is 8.97 Å². The predicted molar refractivity (Wildman–Crippen MR) is 107 cm³/mol. The second-order valence-corrected chi connectivity index (χ2v) is 7.20. The van der Waals surface area contributed by atoms with Crippen molar-refractivity contribution >= 4 is 11.1 Å². The molecule has 0 radical (unpaired) electrons. The van der Waals surface area contributed by atoms with E-state index in [2.05, 4.69) is 4.98 Å². The van der Waals surface area contributed by atoms with E-state index in [0.717, 1.165) is 33.4 Å². The highest BCUT2D eigenvalue weighted by molar-refractivity contribution is 7.78. The molecule has 1 atom stereocenters. The quantitative estimate of drug-likeness (QED) is 0.453. The van der Waals surface area contributed by atoms with Crippen LogP contribution >= 0.6 is 0 Å². The third-order valence-corrected chi connectivity index (χ3v) is 4.99. The first kappa shape index (κ1) is 18.3. The van der Waals surface area contributed by atoms with Crippen molar-refractivity contribution < 1.29 is 17.6 Å². The van der Waals surface area contributed by atoms with Gasteiger partial charge in [0.15, 0.2) is 11.1 Å². The Bertz CT molecular complexity index is 1110. The minimum atomic E-state index is -1.88. The fourth-order valence-electron chi connectivity index (χ4n) is 3.09. The molecule has 0 aliphatic carbocycles. The van der Waals surface area contributed by atoms with Crippen molar-refractivity contribution in [1.82, 2.24) is 4.98 Å². The van der Waals surface area contributed by atoms with Crippen LogP contribution in [0.2, 0.25) is 0 Å². The lowest BCUT2D eigenvalue weighted by atomic mass is 9.92. The van der Waals surface area contributed by atoms with E-state index in [1.165, 1.54) is 18.4 Å². The molecule has 0 amide bonds. The summed E-state index contributed by atoms with van der Waals surface area (Å²) in [6.45, 7) is 0. The van der Waals surface area contributed by atoms with Crippen LogP contribution in [-0.4, -0.2) is 13.7 Å². The molecule has 4 aromatic rings. The number of halogens is 1. The summed E-state index contributed by atoms with van der Waals surface area (Å²) < 4.78 is 38.9. The van der Waals surface area contributed by atoms with Gasteiger partial charge in [0, 0.05) is 5.56 Å². The molecule has 6 heteroatoms. The molecule has 1 N–H and O–H groups in total. The second kappa shape index (κ2) is 7.88. The Morgan fingerprint density at radius 1 is 0.893 bits per heavy atom. The SMILES string of the molecule is O=S(O)Cc1ccc(-c2ccc(-c3ncco3)cc2-c2ccc(F)cc2)cc1. The second-order valence-electron chi connectivity index (χ2n) is 6.27. The molecule has 3 aromatic carbocycles. The van der Waals surface area contributed by atoms with E-state index in [1.54, 1.807) is 18.3 Å². The van der Waals surface area contributed by atoms with E-state index in [-0.39, 0.29) is 11.6 Å². The zero-order chi connectivity index (χ0) is 19.5. The van der Waals surface area contributed by atoms with Crippen LogP contribution in [0.5, 0.6) is 0 Å². The molecule has 1 heterocycles. The summed E-state index contributed by atoms with van der Waals surface area (Å²) in [4.78, 5) is 4.20. The number of benzene rings is 3. The largest absolute Gasteiger partial charge is 0.445 e. The summed E-state index contributed by atoms with van der Waals surface area (Å²) in [6.07, 6.45) is 3.11. The van der Waals surface area contributed by atoms with Crippen LogP contribution in [0.4, 0.5) is 4.39 Å². The van der Waals surface area contributed by atoms with Crippen molar-refractivity contribution in [3.05, 3.63) is 90.6 Å². The maximum absolute atomic E-state index is 13.4. The van der Waals surface area contributed by atoms with Gasteiger partial charge in [-0.1, -0.05) is 42.5 Å². The maximum Gasteiger partial charge on any atom is 0.225 e. The number of hydrogen-bond donors (Lipinski definition) is 1. The predicted octanol–water partition coefficient (Wildman–Crippen LogP) is 5.54. The van der Waals surface area contributed by atoms with Crippen LogP contribution in [0.15, 0.2) is 83.6 Å². The van der Waals surface area contributed by atoms with Crippen LogP contribution in [0.3, 0.4) is 0 Å². The molecule has 0 bridgehead atoms. The monoisotopic (exact) mass is 393 g/mol. The van der Waals surface area contributed by atoms with Gasteiger partial charge in [0.1, 0.15) is 12.1 Å². The summed E-state index contributed by atoms with van der Waals surface area (Å²) in [5.41, 5.74) is 5.29. The van der Waals surface area contributed by atoms with Crippen molar-refractivity contribution in [3.63, 3.8) is 0 Å². The number of aromatic nitrogens is 1. The molecular weight excluding hydrogens is 377 g/mol. The maximum atomic E-state index is 13.4. The molecule has 1 unspecified atom stereocenters. The molecule has 4 nitrogen and oxygen atoms in total. The zero-order valence-electron chi connectivity index (χ0n) is 14.7. The standard InChI is InChI=1S/C22H16FNO3S/c23-19-8-5-17(6-9-19)21-13-18(22-24-11-12-27-22)7-10-20(21)16-3-1-15(2-4-16)14-28(25)26/h1-13H,14H2,(H,25,26). The van der Waals surface area contributed by atoms with E-state index in [0.29, 0.717) is 5.89 Å². The Morgan fingerprint density at radius 3 is 2.18 bits per heavy atom. The Balaban J connectivity index is 1.81. The van der Waals surface area contributed by atoms with Crippen LogP contribution in [0.1, 0.15) is 5.56 Å². The Hall–Kier alpha value is -3.09. The summed E-state index contributed by atoms with van der Waals surface area (Å²) in [6, 6.07) is 19.7. The smallest absolute Gasteiger partial charge is 0.225 e. The van der Waals surface area contributed by atoms with Gasteiger partial charge >= 0.3 is 0 Å². The fraction of sp³-hybridized carbons (Fsp3) is 0.0455. The summed E-state index contributed by atoms with van der Waals surface area (Å²) in [7, 11) is 0. The molecule has 28 heavy (non-hydrogen) atoms. The van der Waals surface area contributed by atoms with Gasteiger partial charge in [-0.3, -0.25) is 0 Å². The van der Waals surface area contributed by atoms with Crippen LogP contribution in [-0.2, 0) is 16.8 Å². The lowest BCUT2D eigenvalue weighted by Gasteiger charge is -2.12. The highest BCUT2D eigenvalue weighted by Crippen LogP contribution is 2.35. The van der Waals surface area contributed by atoms with Gasteiger partial charge in [0.2, 0.25) is 5.89 Å². The molecule has 0 fully saturated rings. The third kappa shape index (κ3) is 3.93. The van der Waals surface area contributed by atoms with Crippen molar-refractivity contribution in [2.45, 2.75) is 5.75 Å². The molecule has 0 aliphatic rings. The summed E-state index contributed by atoms with van der Waals surface area (Å²) in [5.74, 6) is 0.306. The molecule has 1 aromatic heterocycles. The molecular formula is C22H16FNO3S. The molecule has 0 saturated heterocycles. The third-order valence-electron chi connectivity index (χ3n) is 4.41. The highest BCUT2D eigenvalue weighted by atomic mass is 32.2. The van der Waals surface area contributed by atoms with E-state index in [1.807, 2.05) is 42.5 Å². The van der Waals surface area contributed by atoms with Crippen LogP contribution in [0.25, 0.3) is 33.7 Å². The lowest BCUT2D eigenvalue weighted by molar-refractivity contribution is 0.563. The van der Waals surface area contributed by atoms with E-state index < -0.39 is 11.1 Å². The first-order valence-corrected chi connectivity index (χ1v) is 9.84. The van der Waals surface area contributed by atoms with Crippen molar-refractivity contribution in [3.8, 4) is 33.7 Å². The molecule has 0 aliphatic heterocycles. The topological polar surface area (TPSA) is 63.3 Å². The number of rotatable bonds is 5. The van der Waals surface area contributed by atoms with Crippen molar-refractivity contribution in [1.29, 1.82) is 0 Å². The normalized spacial score (nSPS) is 12.1. The molecule has 0 saturated carbocycles. The minimum absolute atomic E-state index is 0.0915. The van der Waals surface area contributed by atoms with Gasteiger partial charge in [0.25, 0.3) is 0 Å². The molecule has 140 valence electrons. The van der Waals surface area contributed by atoms with Gasteiger partial charge in [-0.2, -0.15) is 0 Å². The zero-order valence-corrected chi connectivity index (χ0v) is 15.5. The van der Waals surface area contributed by atoms with Crippen molar-refractivity contribution in [2.75, 3.05) is 0 Å². The highest BCUT2D eigenvalue weighted by Gasteiger charge is 2.12. The Labute approximate surface area is 164 Å².